The summed E-state index contributed by atoms with van der Waals surface area (Å²) in [6.07, 6.45) is -6.27. The zero-order valence-corrected chi connectivity index (χ0v) is 9.11. The fourth-order valence-corrected chi connectivity index (χ4v) is 1.89. The molecule has 0 spiro atoms. The SMILES string of the molecule is CS(=O)(=O)OC1(C(F)(F)F)CC(=O)NC(=O)N1. The lowest BCUT2D eigenvalue weighted by Crippen LogP contribution is -2.68. The number of hydrogen-bond acceptors (Lipinski definition) is 5. The minimum absolute atomic E-state index is 0.374. The lowest BCUT2D eigenvalue weighted by molar-refractivity contribution is -0.257. The molecule has 1 aliphatic rings. The van der Waals surface area contributed by atoms with E-state index in [1.807, 2.05) is 0 Å². The van der Waals surface area contributed by atoms with Gasteiger partial charge in [0.1, 0.15) is 0 Å². The number of imide groups is 1. The smallest absolute Gasteiger partial charge is 0.300 e. The fourth-order valence-electron chi connectivity index (χ4n) is 1.18. The van der Waals surface area contributed by atoms with Gasteiger partial charge in [-0.3, -0.25) is 10.1 Å². The molecule has 1 rings (SSSR count). The number of amides is 3. The van der Waals surface area contributed by atoms with E-state index in [2.05, 4.69) is 4.18 Å². The van der Waals surface area contributed by atoms with Gasteiger partial charge in [-0.25, -0.2) is 8.98 Å². The largest absolute Gasteiger partial charge is 0.438 e. The van der Waals surface area contributed by atoms with E-state index in [1.54, 1.807) is 0 Å². The Morgan fingerprint density at radius 2 is 1.88 bits per heavy atom. The van der Waals surface area contributed by atoms with Gasteiger partial charge >= 0.3 is 12.2 Å². The van der Waals surface area contributed by atoms with E-state index in [0.29, 0.717) is 6.26 Å². The molecule has 1 atom stereocenters. The first-order chi connectivity index (χ1) is 7.45. The van der Waals surface area contributed by atoms with Crippen LogP contribution in [0.5, 0.6) is 0 Å². The van der Waals surface area contributed by atoms with E-state index in [0.717, 1.165) is 0 Å². The normalized spacial score (nSPS) is 26.4. The molecule has 17 heavy (non-hydrogen) atoms. The van der Waals surface area contributed by atoms with E-state index in [9.17, 15) is 31.2 Å². The number of carbonyl (C=O) groups excluding carboxylic acids is 2. The molecular weight excluding hydrogens is 269 g/mol. The van der Waals surface area contributed by atoms with Crippen molar-refractivity contribution in [2.45, 2.75) is 18.3 Å². The van der Waals surface area contributed by atoms with E-state index in [-0.39, 0.29) is 0 Å². The van der Waals surface area contributed by atoms with Gasteiger partial charge in [0, 0.05) is 0 Å². The lowest BCUT2D eigenvalue weighted by atomic mass is 10.1. The van der Waals surface area contributed by atoms with Crippen LogP contribution in [0.4, 0.5) is 18.0 Å². The van der Waals surface area contributed by atoms with E-state index >= 15 is 0 Å². The number of hydrogen-bond donors (Lipinski definition) is 2. The Bertz CT molecular complexity index is 441. The highest BCUT2D eigenvalue weighted by Gasteiger charge is 2.62. The minimum Gasteiger partial charge on any atom is -0.300 e. The third-order valence-electron chi connectivity index (χ3n) is 1.73. The summed E-state index contributed by atoms with van der Waals surface area (Å²) in [5, 5.41) is 2.79. The summed E-state index contributed by atoms with van der Waals surface area (Å²) in [4.78, 5) is 21.7. The summed E-state index contributed by atoms with van der Waals surface area (Å²) in [6.45, 7) is 0. The molecule has 2 N–H and O–H groups in total. The third-order valence-corrected chi connectivity index (χ3v) is 2.32. The van der Waals surface area contributed by atoms with E-state index in [1.165, 1.54) is 10.6 Å². The highest BCUT2D eigenvalue weighted by Crippen LogP contribution is 2.36. The average molecular weight is 276 g/mol. The van der Waals surface area contributed by atoms with Crippen LogP contribution >= 0.6 is 0 Å². The Hall–Kier alpha value is -1.36. The van der Waals surface area contributed by atoms with Crippen molar-refractivity contribution in [3.8, 4) is 0 Å². The summed E-state index contributed by atoms with van der Waals surface area (Å²) in [6, 6.07) is -1.48. The van der Waals surface area contributed by atoms with Gasteiger partial charge < -0.3 is 5.32 Å². The fraction of sp³-hybridized carbons (Fsp3) is 0.667. The summed E-state index contributed by atoms with van der Waals surface area (Å²) < 4.78 is 63.4. The highest BCUT2D eigenvalue weighted by atomic mass is 32.2. The van der Waals surface area contributed by atoms with Crippen molar-refractivity contribution in [3.63, 3.8) is 0 Å². The molecule has 1 unspecified atom stereocenters. The van der Waals surface area contributed by atoms with Crippen molar-refractivity contribution in [1.29, 1.82) is 0 Å². The molecule has 0 bridgehead atoms. The number of alkyl halides is 3. The third kappa shape index (κ3) is 3.06. The van der Waals surface area contributed by atoms with Crippen LogP contribution in [-0.2, 0) is 19.1 Å². The highest BCUT2D eigenvalue weighted by molar-refractivity contribution is 7.86. The van der Waals surface area contributed by atoms with Crippen LogP contribution in [-0.4, -0.2) is 38.5 Å². The van der Waals surface area contributed by atoms with Gasteiger partial charge in [-0.1, -0.05) is 0 Å². The quantitative estimate of drug-likeness (QED) is 0.659. The first-order valence-corrected chi connectivity index (χ1v) is 5.86. The van der Waals surface area contributed by atoms with Gasteiger partial charge in [0.15, 0.2) is 0 Å². The number of carbonyl (C=O) groups is 2. The van der Waals surface area contributed by atoms with Gasteiger partial charge in [-0.2, -0.15) is 21.6 Å². The van der Waals surface area contributed by atoms with Crippen molar-refractivity contribution < 1.29 is 35.4 Å². The molecule has 7 nitrogen and oxygen atoms in total. The van der Waals surface area contributed by atoms with Crippen molar-refractivity contribution >= 4 is 22.1 Å². The maximum atomic E-state index is 12.7. The molecule has 1 aliphatic heterocycles. The second-order valence-electron chi connectivity index (χ2n) is 3.29. The molecule has 0 radical (unpaired) electrons. The van der Waals surface area contributed by atoms with Crippen LogP contribution in [0.25, 0.3) is 0 Å². The Balaban J connectivity index is 3.19. The number of urea groups is 1. The molecule has 11 heteroatoms. The molecule has 1 saturated heterocycles. The molecular formula is C6H7F3N2O5S. The predicted octanol–water partition coefficient (Wildman–Crippen LogP) is -0.549. The van der Waals surface area contributed by atoms with Gasteiger partial charge in [0.05, 0.1) is 12.7 Å². The molecule has 1 fully saturated rings. The second kappa shape index (κ2) is 3.84. The van der Waals surface area contributed by atoms with Crippen LogP contribution < -0.4 is 10.6 Å². The minimum atomic E-state index is -5.26. The van der Waals surface area contributed by atoms with Crippen LogP contribution in [0.3, 0.4) is 0 Å². The lowest BCUT2D eigenvalue weighted by Gasteiger charge is -2.36. The first kappa shape index (κ1) is 13.7. The van der Waals surface area contributed by atoms with Crippen LogP contribution in [0.15, 0.2) is 0 Å². The van der Waals surface area contributed by atoms with Crippen LogP contribution in [0.1, 0.15) is 6.42 Å². The molecule has 0 aromatic carbocycles. The Labute approximate surface area is 93.4 Å². The zero-order chi connectivity index (χ0) is 13.5. The zero-order valence-electron chi connectivity index (χ0n) is 8.29. The molecule has 0 saturated carbocycles. The summed E-state index contributed by atoms with van der Waals surface area (Å²) >= 11 is 0. The predicted molar refractivity (Wildman–Crippen MR) is 46.0 cm³/mol. The molecule has 1 heterocycles. The number of nitrogens with one attached hydrogen (secondary N) is 2. The Kier molecular flexibility index (Phi) is 3.09. The topological polar surface area (TPSA) is 102 Å². The van der Waals surface area contributed by atoms with Gasteiger partial charge in [-0.15, -0.1) is 0 Å². The Morgan fingerprint density at radius 1 is 1.35 bits per heavy atom. The van der Waals surface area contributed by atoms with Gasteiger partial charge in [0.2, 0.25) is 5.91 Å². The van der Waals surface area contributed by atoms with Crippen molar-refractivity contribution in [2.24, 2.45) is 0 Å². The standard InChI is InChI=1S/C6H7F3N2O5S/c1-17(14,15)16-5(6(7,8)9)2-3(12)10-4(13)11-5/h2H2,1H3,(H2,10,11,12,13). The van der Waals surface area contributed by atoms with E-state index in [4.69, 9.17) is 0 Å². The molecule has 0 aromatic heterocycles. The number of rotatable bonds is 2. The van der Waals surface area contributed by atoms with Gasteiger partial charge in [-0.05, 0) is 0 Å². The number of halogens is 3. The van der Waals surface area contributed by atoms with Crippen LogP contribution in [0.2, 0.25) is 0 Å². The van der Waals surface area contributed by atoms with Crippen molar-refractivity contribution in [2.75, 3.05) is 6.26 Å². The van der Waals surface area contributed by atoms with Crippen molar-refractivity contribution in [1.82, 2.24) is 10.6 Å². The maximum absolute atomic E-state index is 12.7. The summed E-state index contributed by atoms with van der Waals surface area (Å²) in [5.74, 6) is -1.30. The van der Waals surface area contributed by atoms with E-state index < -0.39 is 40.4 Å². The maximum Gasteiger partial charge on any atom is 0.438 e. The average Bonchev–Trinajstić information content (AvgIpc) is 1.94. The van der Waals surface area contributed by atoms with Crippen LogP contribution in [0, 0.1) is 0 Å². The monoisotopic (exact) mass is 276 g/mol. The second-order valence-corrected chi connectivity index (χ2v) is 4.87. The van der Waals surface area contributed by atoms with Crippen molar-refractivity contribution in [3.05, 3.63) is 0 Å². The first-order valence-electron chi connectivity index (χ1n) is 4.04. The Morgan fingerprint density at radius 3 is 2.24 bits per heavy atom. The van der Waals surface area contributed by atoms with Gasteiger partial charge in [0.25, 0.3) is 15.8 Å². The summed E-state index contributed by atoms with van der Waals surface area (Å²) in [7, 11) is -4.53. The molecule has 98 valence electrons. The molecule has 3 amide bonds. The summed E-state index contributed by atoms with van der Waals surface area (Å²) in [5.41, 5.74) is -3.56. The molecule has 0 aromatic rings. The molecule has 0 aliphatic carbocycles.